The van der Waals surface area contributed by atoms with Crippen LogP contribution in [-0.4, -0.2) is 6.04 Å². The summed E-state index contributed by atoms with van der Waals surface area (Å²) in [4.78, 5) is 0. The molecule has 2 aromatic carbocycles. The second-order valence-corrected chi connectivity index (χ2v) is 7.58. The third-order valence-corrected chi connectivity index (χ3v) is 5.39. The van der Waals surface area contributed by atoms with Gasteiger partial charge < -0.3 is 5.73 Å². The van der Waals surface area contributed by atoms with Gasteiger partial charge in [-0.25, -0.2) is 0 Å². The van der Waals surface area contributed by atoms with E-state index in [4.69, 9.17) is 5.73 Å². The summed E-state index contributed by atoms with van der Waals surface area (Å²) in [6.07, 6.45) is 13.4. The molecule has 0 saturated carbocycles. The minimum atomic E-state index is 0. The van der Waals surface area contributed by atoms with Crippen LogP contribution in [0.5, 0.6) is 0 Å². The van der Waals surface area contributed by atoms with E-state index in [1.165, 1.54) is 68.9 Å². The summed E-state index contributed by atoms with van der Waals surface area (Å²) in [5, 5.41) is 0. The molecule has 0 aliphatic rings. The van der Waals surface area contributed by atoms with Crippen molar-refractivity contribution >= 4 is 12.4 Å². The highest BCUT2D eigenvalue weighted by atomic mass is 35.5. The summed E-state index contributed by atoms with van der Waals surface area (Å²) in [5.41, 5.74) is 9.35. The van der Waals surface area contributed by atoms with Gasteiger partial charge in [-0.15, -0.1) is 12.4 Å². The Kier molecular flexibility index (Phi) is 12.9. The quantitative estimate of drug-likeness (QED) is 0.354. The molecule has 0 heterocycles. The standard InChI is InChI=1S/C25H37N.ClH/c1-2-3-4-5-6-7-8-9-16-21-24(26)25(22-17-12-10-13-18-22)23-19-14-11-15-20-23;/h10-15,17-20,24-25H,2-9,16,21,26H2,1H3;1H. The van der Waals surface area contributed by atoms with E-state index in [-0.39, 0.29) is 18.4 Å². The fourth-order valence-corrected chi connectivity index (χ4v) is 3.86. The Balaban J connectivity index is 0.00000364. The molecule has 0 fully saturated rings. The number of hydrogen-bond donors (Lipinski definition) is 1. The van der Waals surface area contributed by atoms with Crippen molar-refractivity contribution in [3.05, 3.63) is 71.8 Å². The maximum Gasteiger partial charge on any atom is 0.0241 e. The Bertz CT molecular complexity index is 530. The highest BCUT2D eigenvalue weighted by Crippen LogP contribution is 2.29. The number of rotatable bonds is 13. The van der Waals surface area contributed by atoms with Gasteiger partial charge in [0.25, 0.3) is 0 Å². The van der Waals surface area contributed by atoms with E-state index in [0.717, 1.165) is 6.42 Å². The number of halogens is 1. The van der Waals surface area contributed by atoms with Gasteiger partial charge in [0.15, 0.2) is 0 Å². The van der Waals surface area contributed by atoms with Gasteiger partial charge in [-0.05, 0) is 17.5 Å². The van der Waals surface area contributed by atoms with Crippen LogP contribution in [0.3, 0.4) is 0 Å². The van der Waals surface area contributed by atoms with Crippen molar-refractivity contribution < 1.29 is 0 Å². The molecule has 1 unspecified atom stereocenters. The van der Waals surface area contributed by atoms with Crippen LogP contribution >= 0.6 is 12.4 Å². The van der Waals surface area contributed by atoms with Gasteiger partial charge in [-0.3, -0.25) is 0 Å². The second-order valence-electron chi connectivity index (χ2n) is 7.58. The van der Waals surface area contributed by atoms with Gasteiger partial charge in [0.1, 0.15) is 0 Å². The van der Waals surface area contributed by atoms with Crippen LogP contribution in [0, 0.1) is 0 Å². The van der Waals surface area contributed by atoms with Crippen molar-refractivity contribution in [3.8, 4) is 0 Å². The molecule has 2 rings (SSSR count). The molecule has 2 N–H and O–H groups in total. The van der Waals surface area contributed by atoms with E-state index in [0.29, 0.717) is 5.92 Å². The molecule has 2 aromatic rings. The zero-order valence-corrected chi connectivity index (χ0v) is 17.8. The largest absolute Gasteiger partial charge is 0.327 e. The van der Waals surface area contributed by atoms with Crippen LogP contribution in [0.2, 0.25) is 0 Å². The van der Waals surface area contributed by atoms with Crippen molar-refractivity contribution in [2.75, 3.05) is 0 Å². The Hall–Kier alpha value is -1.31. The fraction of sp³-hybridized carbons (Fsp3) is 0.520. The average Bonchev–Trinajstić information content (AvgIpc) is 2.68. The molecule has 1 atom stereocenters. The zero-order valence-electron chi connectivity index (χ0n) is 17.0. The van der Waals surface area contributed by atoms with Gasteiger partial charge in [0, 0.05) is 12.0 Å². The minimum Gasteiger partial charge on any atom is -0.327 e. The van der Waals surface area contributed by atoms with Gasteiger partial charge in [0.2, 0.25) is 0 Å². The summed E-state index contributed by atoms with van der Waals surface area (Å²) < 4.78 is 0. The lowest BCUT2D eigenvalue weighted by Gasteiger charge is -2.25. The van der Waals surface area contributed by atoms with Crippen LogP contribution in [0.1, 0.15) is 88.2 Å². The van der Waals surface area contributed by atoms with Crippen molar-refractivity contribution in [3.63, 3.8) is 0 Å². The van der Waals surface area contributed by atoms with Gasteiger partial charge >= 0.3 is 0 Å². The zero-order chi connectivity index (χ0) is 18.5. The molecular weight excluding hydrogens is 350 g/mol. The summed E-state index contributed by atoms with van der Waals surface area (Å²) in [5.74, 6) is 0.298. The van der Waals surface area contributed by atoms with E-state index >= 15 is 0 Å². The molecule has 0 aromatic heterocycles. The summed E-state index contributed by atoms with van der Waals surface area (Å²) >= 11 is 0. The first-order valence-corrected chi connectivity index (χ1v) is 10.7. The average molecular weight is 388 g/mol. The van der Waals surface area contributed by atoms with Crippen LogP contribution in [-0.2, 0) is 0 Å². The maximum atomic E-state index is 6.68. The number of unbranched alkanes of at least 4 members (excludes halogenated alkanes) is 8. The topological polar surface area (TPSA) is 26.0 Å². The van der Waals surface area contributed by atoms with Crippen LogP contribution in [0.25, 0.3) is 0 Å². The summed E-state index contributed by atoms with van der Waals surface area (Å²) in [7, 11) is 0. The lowest BCUT2D eigenvalue weighted by Crippen LogP contribution is -2.29. The molecule has 1 nitrogen and oxygen atoms in total. The first-order chi connectivity index (χ1) is 12.8. The minimum absolute atomic E-state index is 0. The van der Waals surface area contributed by atoms with Crippen molar-refractivity contribution in [1.29, 1.82) is 0 Å². The summed E-state index contributed by atoms with van der Waals surface area (Å²) in [6, 6.07) is 21.7. The van der Waals surface area contributed by atoms with Crippen molar-refractivity contribution in [1.82, 2.24) is 0 Å². The molecule has 2 heteroatoms. The number of benzene rings is 2. The highest BCUT2D eigenvalue weighted by molar-refractivity contribution is 5.85. The highest BCUT2D eigenvalue weighted by Gasteiger charge is 2.21. The van der Waals surface area contributed by atoms with E-state index in [1.54, 1.807) is 0 Å². The first kappa shape index (κ1) is 23.7. The third-order valence-electron chi connectivity index (χ3n) is 5.39. The summed E-state index contributed by atoms with van der Waals surface area (Å²) in [6.45, 7) is 2.28. The molecule has 0 saturated heterocycles. The van der Waals surface area contributed by atoms with Crippen LogP contribution in [0.15, 0.2) is 60.7 Å². The lowest BCUT2D eigenvalue weighted by molar-refractivity contribution is 0.496. The first-order valence-electron chi connectivity index (χ1n) is 10.7. The van der Waals surface area contributed by atoms with Gasteiger partial charge in [-0.1, -0.05) is 125 Å². The van der Waals surface area contributed by atoms with Crippen LogP contribution < -0.4 is 5.73 Å². The molecule has 150 valence electrons. The van der Waals surface area contributed by atoms with Crippen molar-refractivity contribution in [2.45, 2.75) is 83.1 Å². The Morgan fingerprint density at radius 2 is 1.04 bits per heavy atom. The molecule has 0 amide bonds. The number of nitrogens with two attached hydrogens (primary N) is 1. The van der Waals surface area contributed by atoms with Gasteiger partial charge in [0.05, 0.1) is 0 Å². The van der Waals surface area contributed by atoms with E-state index < -0.39 is 0 Å². The SMILES string of the molecule is CCCCCCCCCCCC(N)C(c1ccccc1)c1ccccc1.Cl. The lowest BCUT2D eigenvalue weighted by atomic mass is 9.83. The predicted molar refractivity (Wildman–Crippen MR) is 122 cm³/mol. The normalized spacial score (nSPS) is 12.0. The molecule has 0 aliphatic heterocycles. The van der Waals surface area contributed by atoms with Crippen molar-refractivity contribution in [2.24, 2.45) is 5.73 Å². The van der Waals surface area contributed by atoms with E-state index in [9.17, 15) is 0 Å². The molecule has 27 heavy (non-hydrogen) atoms. The molecular formula is C25H38ClN. The second kappa shape index (κ2) is 14.7. The molecule has 0 aliphatic carbocycles. The Labute approximate surface area is 173 Å². The van der Waals surface area contributed by atoms with E-state index in [1.807, 2.05) is 0 Å². The maximum absolute atomic E-state index is 6.68. The van der Waals surface area contributed by atoms with Crippen LogP contribution in [0.4, 0.5) is 0 Å². The third kappa shape index (κ3) is 8.95. The Morgan fingerprint density at radius 1 is 0.630 bits per heavy atom. The molecule has 0 bridgehead atoms. The number of hydrogen-bond acceptors (Lipinski definition) is 1. The smallest absolute Gasteiger partial charge is 0.0241 e. The fourth-order valence-electron chi connectivity index (χ4n) is 3.86. The van der Waals surface area contributed by atoms with E-state index in [2.05, 4.69) is 67.6 Å². The monoisotopic (exact) mass is 387 g/mol. The molecule has 0 spiro atoms. The Morgan fingerprint density at radius 3 is 1.48 bits per heavy atom. The predicted octanol–water partition coefficient (Wildman–Crippen LogP) is 7.49. The molecule has 0 radical (unpaired) electrons. The van der Waals surface area contributed by atoms with Gasteiger partial charge in [-0.2, -0.15) is 0 Å².